The van der Waals surface area contributed by atoms with Crippen molar-refractivity contribution in [3.63, 3.8) is 0 Å². The van der Waals surface area contributed by atoms with Gasteiger partial charge in [0.25, 0.3) is 0 Å². The van der Waals surface area contributed by atoms with E-state index in [1.54, 1.807) is 0 Å². The summed E-state index contributed by atoms with van der Waals surface area (Å²) in [7, 11) is 0. The van der Waals surface area contributed by atoms with Gasteiger partial charge in [0, 0.05) is 36.4 Å². The molecule has 0 spiro atoms. The van der Waals surface area contributed by atoms with Crippen molar-refractivity contribution < 1.29 is 0 Å². The van der Waals surface area contributed by atoms with Crippen LogP contribution in [0.3, 0.4) is 0 Å². The van der Waals surface area contributed by atoms with Gasteiger partial charge >= 0.3 is 0 Å². The van der Waals surface area contributed by atoms with Gasteiger partial charge in [-0.2, -0.15) is 0 Å². The van der Waals surface area contributed by atoms with E-state index in [-0.39, 0.29) is 0 Å². The van der Waals surface area contributed by atoms with Gasteiger partial charge in [0.15, 0.2) is 0 Å². The molecule has 0 aromatic heterocycles. The molecule has 0 saturated carbocycles. The Morgan fingerprint density at radius 1 is 1.41 bits per heavy atom. The fraction of sp³-hybridized carbons (Fsp3) is 0.571. The molecule has 0 aliphatic carbocycles. The molecule has 1 saturated heterocycles. The third-order valence-corrected chi connectivity index (χ3v) is 3.76. The molecule has 0 bridgehead atoms. The van der Waals surface area contributed by atoms with Crippen molar-refractivity contribution in [2.24, 2.45) is 5.92 Å². The number of hydrogen-bond donors (Lipinski definition) is 1. The lowest BCUT2D eigenvalue weighted by Crippen LogP contribution is -2.53. The number of aryl methyl sites for hydroxylation is 1. The first-order valence-corrected chi connectivity index (χ1v) is 6.70. The molecular weight excluding hydrogens is 232 g/mol. The molecule has 1 unspecified atom stereocenters. The van der Waals surface area contributed by atoms with Crippen molar-refractivity contribution >= 4 is 17.3 Å². The number of piperazine rings is 1. The van der Waals surface area contributed by atoms with Crippen LogP contribution in [0.2, 0.25) is 5.02 Å². The Morgan fingerprint density at radius 3 is 2.88 bits per heavy atom. The summed E-state index contributed by atoms with van der Waals surface area (Å²) >= 11 is 6.09. The Balaban J connectivity index is 2.18. The van der Waals surface area contributed by atoms with Gasteiger partial charge in [-0.15, -0.1) is 0 Å². The highest BCUT2D eigenvalue weighted by molar-refractivity contribution is 6.30. The maximum absolute atomic E-state index is 6.09. The number of anilines is 1. The summed E-state index contributed by atoms with van der Waals surface area (Å²) in [5, 5.41) is 4.40. The highest BCUT2D eigenvalue weighted by atomic mass is 35.5. The summed E-state index contributed by atoms with van der Waals surface area (Å²) in [5.74, 6) is 0.664. The van der Waals surface area contributed by atoms with E-state index < -0.39 is 0 Å². The van der Waals surface area contributed by atoms with E-state index in [0.717, 1.165) is 24.7 Å². The summed E-state index contributed by atoms with van der Waals surface area (Å²) in [6.07, 6.45) is 0. The van der Waals surface area contributed by atoms with E-state index in [0.29, 0.717) is 12.0 Å². The molecule has 0 radical (unpaired) electrons. The molecule has 1 aliphatic heterocycles. The monoisotopic (exact) mass is 252 g/mol. The van der Waals surface area contributed by atoms with Gasteiger partial charge in [-0.3, -0.25) is 0 Å². The van der Waals surface area contributed by atoms with Crippen LogP contribution in [0.4, 0.5) is 5.69 Å². The second-order valence-electron chi connectivity index (χ2n) is 5.18. The van der Waals surface area contributed by atoms with Crippen molar-refractivity contribution in [1.82, 2.24) is 5.32 Å². The third-order valence-electron chi connectivity index (χ3n) is 3.52. The first kappa shape index (κ1) is 12.7. The van der Waals surface area contributed by atoms with Crippen molar-refractivity contribution in [3.05, 3.63) is 28.8 Å². The van der Waals surface area contributed by atoms with Crippen LogP contribution in [0, 0.1) is 12.8 Å². The van der Waals surface area contributed by atoms with E-state index in [4.69, 9.17) is 11.6 Å². The Labute approximate surface area is 109 Å². The van der Waals surface area contributed by atoms with E-state index >= 15 is 0 Å². The molecule has 1 heterocycles. The number of halogens is 1. The summed E-state index contributed by atoms with van der Waals surface area (Å²) in [4.78, 5) is 2.45. The average Bonchev–Trinajstić information content (AvgIpc) is 2.32. The molecule has 2 nitrogen and oxygen atoms in total. The minimum atomic E-state index is 0.571. The van der Waals surface area contributed by atoms with Crippen LogP contribution < -0.4 is 10.2 Å². The topological polar surface area (TPSA) is 15.3 Å². The van der Waals surface area contributed by atoms with E-state index in [1.165, 1.54) is 11.3 Å². The Hall–Kier alpha value is -0.730. The summed E-state index contributed by atoms with van der Waals surface area (Å²) in [6.45, 7) is 9.87. The second-order valence-corrected chi connectivity index (χ2v) is 5.62. The molecule has 1 N–H and O–H groups in total. The smallest absolute Gasteiger partial charge is 0.0426 e. The maximum Gasteiger partial charge on any atom is 0.0426 e. The van der Waals surface area contributed by atoms with Crippen LogP contribution >= 0.6 is 11.6 Å². The minimum Gasteiger partial charge on any atom is -0.368 e. The van der Waals surface area contributed by atoms with Gasteiger partial charge < -0.3 is 10.2 Å². The maximum atomic E-state index is 6.09. The first-order chi connectivity index (χ1) is 8.08. The van der Waals surface area contributed by atoms with Crippen LogP contribution in [0.25, 0.3) is 0 Å². The van der Waals surface area contributed by atoms with Crippen molar-refractivity contribution in [3.8, 4) is 0 Å². The largest absolute Gasteiger partial charge is 0.368 e. The van der Waals surface area contributed by atoms with Crippen molar-refractivity contribution in [1.29, 1.82) is 0 Å². The van der Waals surface area contributed by atoms with Gasteiger partial charge in [0.2, 0.25) is 0 Å². The zero-order valence-electron chi connectivity index (χ0n) is 10.8. The molecular formula is C14H21ClN2. The zero-order chi connectivity index (χ0) is 12.4. The zero-order valence-corrected chi connectivity index (χ0v) is 11.6. The van der Waals surface area contributed by atoms with Crippen LogP contribution in [0.1, 0.15) is 19.4 Å². The van der Waals surface area contributed by atoms with Crippen LogP contribution in [-0.4, -0.2) is 25.7 Å². The lowest BCUT2D eigenvalue weighted by molar-refractivity contribution is 0.368. The van der Waals surface area contributed by atoms with E-state index in [1.807, 2.05) is 6.07 Å². The van der Waals surface area contributed by atoms with Gasteiger partial charge in [0.1, 0.15) is 0 Å². The third kappa shape index (κ3) is 2.93. The highest BCUT2D eigenvalue weighted by Gasteiger charge is 2.22. The molecule has 3 heteroatoms. The number of rotatable bonds is 2. The molecule has 1 fully saturated rings. The van der Waals surface area contributed by atoms with Gasteiger partial charge in [-0.25, -0.2) is 0 Å². The lowest BCUT2D eigenvalue weighted by atomic mass is 10.0. The van der Waals surface area contributed by atoms with Gasteiger partial charge in [-0.05, 0) is 30.5 Å². The molecule has 94 valence electrons. The lowest BCUT2D eigenvalue weighted by Gasteiger charge is -2.38. The number of nitrogens with zero attached hydrogens (tertiary/aromatic N) is 1. The van der Waals surface area contributed by atoms with Crippen LogP contribution in [0.15, 0.2) is 18.2 Å². The summed E-state index contributed by atoms with van der Waals surface area (Å²) in [5.41, 5.74) is 2.59. The molecule has 17 heavy (non-hydrogen) atoms. The second kappa shape index (κ2) is 5.28. The molecule has 1 aliphatic rings. The molecule has 0 amide bonds. The molecule has 1 aromatic carbocycles. The number of benzene rings is 1. The van der Waals surface area contributed by atoms with Crippen molar-refractivity contribution in [2.45, 2.75) is 26.8 Å². The SMILES string of the molecule is Cc1ccc(Cl)cc1N1CCNC(C(C)C)C1. The molecule has 1 aromatic rings. The predicted octanol–water partition coefficient (Wildman–Crippen LogP) is 3.08. The highest BCUT2D eigenvalue weighted by Crippen LogP contribution is 2.25. The molecule has 1 atom stereocenters. The quantitative estimate of drug-likeness (QED) is 0.870. The fourth-order valence-corrected chi connectivity index (χ4v) is 2.53. The van der Waals surface area contributed by atoms with E-state index in [2.05, 4.69) is 43.1 Å². The van der Waals surface area contributed by atoms with Gasteiger partial charge in [-0.1, -0.05) is 31.5 Å². The number of hydrogen-bond acceptors (Lipinski definition) is 2. The summed E-state index contributed by atoms with van der Waals surface area (Å²) < 4.78 is 0. The van der Waals surface area contributed by atoms with E-state index in [9.17, 15) is 0 Å². The molecule has 2 rings (SSSR count). The van der Waals surface area contributed by atoms with Crippen LogP contribution in [0.5, 0.6) is 0 Å². The van der Waals surface area contributed by atoms with Gasteiger partial charge in [0.05, 0.1) is 0 Å². The Bertz CT molecular complexity index is 390. The number of nitrogens with one attached hydrogen (secondary N) is 1. The van der Waals surface area contributed by atoms with Crippen molar-refractivity contribution in [2.75, 3.05) is 24.5 Å². The van der Waals surface area contributed by atoms with Crippen LogP contribution in [-0.2, 0) is 0 Å². The predicted molar refractivity (Wildman–Crippen MR) is 75.0 cm³/mol. The average molecular weight is 253 g/mol. The minimum absolute atomic E-state index is 0.571. The first-order valence-electron chi connectivity index (χ1n) is 6.32. The standard InChI is InChI=1S/C14H21ClN2/c1-10(2)13-9-17(7-6-16-13)14-8-12(15)5-4-11(14)3/h4-5,8,10,13,16H,6-7,9H2,1-3H3. The Morgan fingerprint density at radius 2 is 2.18 bits per heavy atom. The normalized spacial score (nSPS) is 21.0. The fourth-order valence-electron chi connectivity index (χ4n) is 2.37. The summed E-state index contributed by atoms with van der Waals surface area (Å²) in [6, 6.07) is 6.72. The Kier molecular flexibility index (Phi) is 3.95.